The monoisotopic (exact) mass is 260 g/mol. The summed E-state index contributed by atoms with van der Waals surface area (Å²) in [4.78, 5) is 11.8. The molecular weight excluding hydrogens is 244 g/mol. The number of rotatable bonds is 4. The highest BCUT2D eigenvalue weighted by Crippen LogP contribution is 2.19. The molecule has 0 unspecified atom stereocenters. The number of benzene rings is 1. The second kappa shape index (κ2) is 6.21. The second-order valence-electron chi connectivity index (χ2n) is 4.46. The predicted octanol–water partition coefficient (Wildman–Crippen LogP) is 1.25. The molecular formula is C14H16N2O3. The van der Waals surface area contributed by atoms with Crippen LogP contribution in [0.4, 0.5) is 0 Å². The van der Waals surface area contributed by atoms with Crippen LogP contribution in [0.2, 0.25) is 0 Å². The van der Waals surface area contributed by atoms with Crippen LogP contribution in [-0.4, -0.2) is 31.3 Å². The highest BCUT2D eigenvalue weighted by Gasteiger charge is 2.34. The fourth-order valence-corrected chi connectivity index (χ4v) is 1.95. The van der Waals surface area contributed by atoms with Gasteiger partial charge in [0.15, 0.2) is 6.61 Å². The fraction of sp³-hybridized carbons (Fsp3) is 0.429. The first-order chi connectivity index (χ1) is 9.24. The quantitative estimate of drug-likeness (QED) is 0.884. The molecule has 1 fully saturated rings. The minimum absolute atomic E-state index is 0.0890. The standard InChI is InChI=1S/C14H16N2O3/c15-11-14(6-8-18-9-7-14)16-13(17)10-19-12-4-2-1-3-5-12/h1-5H,6-10H2,(H,16,17). The highest BCUT2D eigenvalue weighted by molar-refractivity contribution is 5.78. The molecule has 1 aromatic rings. The van der Waals surface area contributed by atoms with Crippen molar-refractivity contribution < 1.29 is 14.3 Å². The number of nitriles is 1. The Morgan fingerprint density at radius 2 is 2.05 bits per heavy atom. The Kier molecular flexibility index (Phi) is 4.37. The van der Waals surface area contributed by atoms with Crippen LogP contribution >= 0.6 is 0 Å². The number of para-hydroxylation sites is 1. The van der Waals surface area contributed by atoms with Gasteiger partial charge in [-0.05, 0) is 12.1 Å². The summed E-state index contributed by atoms with van der Waals surface area (Å²) in [6.07, 6.45) is 1.03. The molecule has 1 aliphatic rings. The Hall–Kier alpha value is -2.06. The number of amides is 1. The van der Waals surface area contributed by atoms with Gasteiger partial charge >= 0.3 is 0 Å². The number of hydrogen-bond donors (Lipinski definition) is 1. The van der Waals surface area contributed by atoms with Crippen LogP contribution in [0.5, 0.6) is 5.75 Å². The van der Waals surface area contributed by atoms with Gasteiger partial charge in [0.1, 0.15) is 11.3 Å². The van der Waals surface area contributed by atoms with Crippen LogP contribution in [0.3, 0.4) is 0 Å². The van der Waals surface area contributed by atoms with E-state index < -0.39 is 5.54 Å². The maximum Gasteiger partial charge on any atom is 0.259 e. The molecule has 5 heteroatoms. The summed E-state index contributed by atoms with van der Waals surface area (Å²) in [5, 5.41) is 12.0. The molecule has 1 N–H and O–H groups in total. The second-order valence-corrected chi connectivity index (χ2v) is 4.46. The first-order valence-electron chi connectivity index (χ1n) is 6.22. The van der Waals surface area contributed by atoms with E-state index in [0.29, 0.717) is 31.8 Å². The van der Waals surface area contributed by atoms with Gasteiger partial charge in [-0.2, -0.15) is 5.26 Å². The van der Waals surface area contributed by atoms with E-state index >= 15 is 0 Å². The number of carbonyl (C=O) groups is 1. The van der Waals surface area contributed by atoms with E-state index in [1.807, 2.05) is 18.2 Å². The maximum absolute atomic E-state index is 11.8. The van der Waals surface area contributed by atoms with Crippen LogP contribution in [0.25, 0.3) is 0 Å². The van der Waals surface area contributed by atoms with Crippen LogP contribution < -0.4 is 10.1 Å². The van der Waals surface area contributed by atoms with Crippen LogP contribution in [-0.2, 0) is 9.53 Å². The van der Waals surface area contributed by atoms with Crippen molar-refractivity contribution in [2.75, 3.05) is 19.8 Å². The molecule has 0 saturated carbocycles. The van der Waals surface area contributed by atoms with Gasteiger partial charge in [0.05, 0.1) is 6.07 Å². The minimum atomic E-state index is -0.810. The summed E-state index contributed by atoms with van der Waals surface area (Å²) >= 11 is 0. The molecule has 0 bridgehead atoms. The van der Waals surface area contributed by atoms with E-state index in [2.05, 4.69) is 11.4 Å². The predicted molar refractivity (Wildman–Crippen MR) is 68.5 cm³/mol. The molecule has 19 heavy (non-hydrogen) atoms. The summed E-state index contributed by atoms with van der Waals surface area (Å²) in [6.45, 7) is 0.898. The van der Waals surface area contributed by atoms with E-state index in [4.69, 9.17) is 9.47 Å². The molecule has 1 saturated heterocycles. The van der Waals surface area contributed by atoms with Crippen molar-refractivity contribution in [2.24, 2.45) is 0 Å². The molecule has 1 heterocycles. The van der Waals surface area contributed by atoms with Crippen molar-refractivity contribution in [2.45, 2.75) is 18.4 Å². The van der Waals surface area contributed by atoms with Gasteiger partial charge in [0.2, 0.25) is 0 Å². The van der Waals surface area contributed by atoms with Crippen LogP contribution in [0.1, 0.15) is 12.8 Å². The number of nitrogens with one attached hydrogen (secondary N) is 1. The molecule has 2 rings (SSSR count). The van der Waals surface area contributed by atoms with Gasteiger partial charge in [0.25, 0.3) is 5.91 Å². The lowest BCUT2D eigenvalue weighted by Gasteiger charge is -2.31. The third-order valence-corrected chi connectivity index (χ3v) is 3.05. The third-order valence-electron chi connectivity index (χ3n) is 3.05. The van der Waals surface area contributed by atoms with Crippen molar-refractivity contribution in [3.8, 4) is 11.8 Å². The molecule has 0 aliphatic carbocycles. The first kappa shape index (κ1) is 13.4. The third kappa shape index (κ3) is 3.70. The van der Waals surface area contributed by atoms with Gasteiger partial charge in [-0.1, -0.05) is 18.2 Å². The number of carbonyl (C=O) groups excluding carboxylic acids is 1. The van der Waals surface area contributed by atoms with Crippen molar-refractivity contribution >= 4 is 5.91 Å². The minimum Gasteiger partial charge on any atom is -0.484 e. The van der Waals surface area contributed by atoms with Gasteiger partial charge in [-0.3, -0.25) is 4.79 Å². The Labute approximate surface area is 112 Å². The summed E-state index contributed by atoms with van der Waals surface area (Å²) < 4.78 is 10.5. The van der Waals surface area contributed by atoms with E-state index in [1.54, 1.807) is 12.1 Å². The Balaban J connectivity index is 1.85. The lowest BCUT2D eigenvalue weighted by atomic mass is 9.92. The average molecular weight is 260 g/mol. The molecule has 1 aliphatic heterocycles. The van der Waals surface area contributed by atoms with E-state index in [0.717, 1.165) is 0 Å². The van der Waals surface area contributed by atoms with Crippen molar-refractivity contribution in [3.05, 3.63) is 30.3 Å². The zero-order valence-electron chi connectivity index (χ0n) is 10.6. The smallest absolute Gasteiger partial charge is 0.259 e. The van der Waals surface area contributed by atoms with Gasteiger partial charge in [-0.15, -0.1) is 0 Å². The molecule has 0 radical (unpaired) electrons. The van der Waals surface area contributed by atoms with Gasteiger partial charge < -0.3 is 14.8 Å². The average Bonchev–Trinajstić information content (AvgIpc) is 2.47. The van der Waals surface area contributed by atoms with Gasteiger partial charge in [0, 0.05) is 26.1 Å². The number of hydrogen-bond acceptors (Lipinski definition) is 4. The lowest BCUT2D eigenvalue weighted by molar-refractivity contribution is -0.125. The van der Waals surface area contributed by atoms with Crippen molar-refractivity contribution in [1.82, 2.24) is 5.32 Å². The summed E-state index contributed by atoms with van der Waals surface area (Å²) in [5.41, 5.74) is -0.810. The van der Waals surface area contributed by atoms with Crippen LogP contribution in [0.15, 0.2) is 30.3 Å². The molecule has 1 aromatic carbocycles. The molecule has 1 amide bonds. The fourth-order valence-electron chi connectivity index (χ4n) is 1.95. The number of nitrogens with zero attached hydrogens (tertiary/aromatic N) is 1. The Morgan fingerprint density at radius 1 is 1.37 bits per heavy atom. The first-order valence-corrected chi connectivity index (χ1v) is 6.22. The topological polar surface area (TPSA) is 71.4 Å². The van der Waals surface area contributed by atoms with E-state index in [1.165, 1.54) is 0 Å². The molecule has 0 atom stereocenters. The lowest BCUT2D eigenvalue weighted by Crippen LogP contribution is -2.52. The Bertz CT molecular complexity index is 461. The molecule has 100 valence electrons. The summed E-state index contributed by atoms with van der Waals surface area (Å²) in [5.74, 6) is 0.350. The largest absolute Gasteiger partial charge is 0.484 e. The number of ether oxygens (including phenoxy) is 2. The molecule has 0 spiro atoms. The normalized spacial score (nSPS) is 17.2. The van der Waals surface area contributed by atoms with Crippen LogP contribution in [0, 0.1) is 11.3 Å². The van der Waals surface area contributed by atoms with Crippen molar-refractivity contribution in [3.63, 3.8) is 0 Å². The van der Waals surface area contributed by atoms with Gasteiger partial charge in [-0.25, -0.2) is 0 Å². The Morgan fingerprint density at radius 3 is 2.68 bits per heavy atom. The zero-order chi connectivity index (χ0) is 13.6. The highest BCUT2D eigenvalue weighted by atomic mass is 16.5. The zero-order valence-corrected chi connectivity index (χ0v) is 10.6. The van der Waals surface area contributed by atoms with E-state index in [-0.39, 0.29) is 12.5 Å². The SMILES string of the molecule is N#CC1(NC(=O)COc2ccccc2)CCOCC1. The summed E-state index contributed by atoms with van der Waals surface area (Å²) in [7, 11) is 0. The maximum atomic E-state index is 11.8. The van der Waals surface area contributed by atoms with E-state index in [9.17, 15) is 10.1 Å². The summed E-state index contributed by atoms with van der Waals surface area (Å²) in [6, 6.07) is 11.3. The van der Waals surface area contributed by atoms with Crippen molar-refractivity contribution in [1.29, 1.82) is 5.26 Å². The molecule has 0 aromatic heterocycles. The molecule has 5 nitrogen and oxygen atoms in total.